The number of sulfonamides is 1. The van der Waals surface area contributed by atoms with Gasteiger partial charge in [-0.15, -0.1) is 0 Å². The molecule has 0 aliphatic carbocycles. The summed E-state index contributed by atoms with van der Waals surface area (Å²) in [6, 6.07) is 0.274. The Labute approximate surface area is 131 Å². The molecule has 0 spiro atoms. The normalized spacial score (nSPS) is 19.3. The Morgan fingerprint density at radius 3 is 2.55 bits per heavy atom. The van der Waals surface area contributed by atoms with E-state index in [-0.39, 0.29) is 6.04 Å². The van der Waals surface area contributed by atoms with Crippen LogP contribution in [0.5, 0.6) is 0 Å². The van der Waals surface area contributed by atoms with Gasteiger partial charge in [0.1, 0.15) is 0 Å². The second-order valence-electron chi connectivity index (χ2n) is 6.05. The monoisotopic (exact) mass is 331 g/mol. The molecule has 1 aliphatic rings. The fourth-order valence-corrected chi connectivity index (χ4v) is 3.50. The number of nitrogens with one attached hydrogen (secondary N) is 1. The number of rotatable bonds is 6. The van der Waals surface area contributed by atoms with Gasteiger partial charge in [-0.2, -0.15) is 4.98 Å². The standard InChI is InChI=1S/C13H25N5O3S/c1-10(11-5-7-18(8-6-11)22(4,19)20)14-9-12-15-13(16-21-12)17(2)3/h10-11,14H,5-9H2,1-4H3. The van der Waals surface area contributed by atoms with Gasteiger partial charge in [0, 0.05) is 33.2 Å². The number of piperidine rings is 1. The van der Waals surface area contributed by atoms with Crippen LogP contribution in [0.25, 0.3) is 0 Å². The largest absolute Gasteiger partial charge is 0.344 e. The highest BCUT2D eigenvalue weighted by molar-refractivity contribution is 7.88. The third-order valence-electron chi connectivity index (χ3n) is 4.11. The zero-order valence-corrected chi connectivity index (χ0v) is 14.4. The van der Waals surface area contributed by atoms with Crippen molar-refractivity contribution in [1.29, 1.82) is 0 Å². The summed E-state index contributed by atoms with van der Waals surface area (Å²) < 4.78 is 29.7. The highest BCUT2D eigenvalue weighted by Gasteiger charge is 2.27. The van der Waals surface area contributed by atoms with Crippen molar-refractivity contribution >= 4 is 16.0 Å². The molecule has 0 radical (unpaired) electrons. The second kappa shape index (κ2) is 6.93. The lowest BCUT2D eigenvalue weighted by atomic mass is 9.91. The van der Waals surface area contributed by atoms with Gasteiger partial charge in [-0.1, -0.05) is 0 Å². The molecular formula is C13H25N5O3S. The lowest BCUT2D eigenvalue weighted by molar-refractivity contribution is 0.226. The quantitative estimate of drug-likeness (QED) is 0.801. The van der Waals surface area contributed by atoms with Gasteiger partial charge in [-0.05, 0) is 30.8 Å². The van der Waals surface area contributed by atoms with Gasteiger partial charge in [0.2, 0.25) is 15.9 Å². The molecule has 1 fully saturated rings. The minimum atomic E-state index is -3.06. The number of hydrogen-bond acceptors (Lipinski definition) is 7. The molecule has 1 aromatic heterocycles. The highest BCUT2D eigenvalue weighted by Crippen LogP contribution is 2.22. The van der Waals surface area contributed by atoms with Crippen molar-refractivity contribution in [2.75, 3.05) is 38.3 Å². The third-order valence-corrected chi connectivity index (χ3v) is 5.41. The molecule has 9 heteroatoms. The smallest absolute Gasteiger partial charge is 0.265 e. The first-order valence-corrected chi connectivity index (χ1v) is 9.30. The van der Waals surface area contributed by atoms with Crippen LogP contribution < -0.4 is 10.2 Å². The molecule has 8 nitrogen and oxygen atoms in total. The van der Waals surface area contributed by atoms with E-state index >= 15 is 0 Å². The fraction of sp³-hybridized carbons (Fsp3) is 0.846. The van der Waals surface area contributed by atoms with Crippen LogP contribution in [0.3, 0.4) is 0 Å². The van der Waals surface area contributed by atoms with Gasteiger partial charge in [-0.25, -0.2) is 12.7 Å². The first-order chi connectivity index (χ1) is 10.3. The minimum Gasteiger partial charge on any atom is -0.344 e. The summed E-state index contributed by atoms with van der Waals surface area (Å²) in [6.45, 7) is 3.83. The summed E-state index contributed by atoms with van der Waals surface area (Å²) in [7, 11) is 0.662. The molecule has 0 aromatic carbocycles. The Hall–Kier alpha value is -1.19. The van der Waals surface area contributed by atoms with Crippen molar-refractivity contribution in [3.05, 3.63) is 5.89 Å². The molecule has 1 aliphatic heterocycles. The second-order valence-corrected chi connectivity index (χ2v) is 8.03. The number of anilines is 1. The molecular weight excluding hydrogens is 306 g/mol. The first kappa shape index (κ1) is 17.2. The molecule has 22 heavy (non-hydrogen) atoms. The molecule has 1 aromatic rings. The van der Waals surface area contributed by atoms with Crippen molar-refractivity contribution in [1.82, 2.24) is 19.8 Å². The molecule has 1 atom stereocenters. The van der Waals surface area contributed by atoms with Crippen LogP contribution in [0.4, 0.5) is 5.95 Å². The van der Waals surface area contributed by atoms with E-state index < -0.39 is 10.0 Å². The topological polar surface area (TPSA) is 91.6 Å². The SMILES string of the molecule is CC(NCc1nc(N(C)C)no1)C1CCN(S(C)(=O)=O)CC1. The molecule has 1 saturated heterocycles. The summed E-state index contributed by atoms with van der Waals surface area (Å²) in [6.07, 6.45) is 3.01. The lowest BCUT2D eigenvalue weighted by Gasteiger charge is -2.33. The molecule has 126 valence electrons. The Bertz CT molecular complexity index is 578. The van der Waals surface area contributed by atoms with Gasteiger partial charge < -0.3 is 14.7 Å². The van der Waals surface area contributed by atoms with E-state index in [2.05, 4.69) is 22.4 Å². The molecule has 2 rings (SSSR count). The van der Waals surface area contributed by atoms with Gasteiger partial charge >= 0.3 is 0 Å². The van der Waals surface area contributed by atoms with Gasteiger partial charge in [0.25, 0.3) is 5.95 Å². The summed E-state index contributed by atoms with van der Waals surface area (Å²) >= 11 is 0. The van der Waals surface area contributed by atoms with Crippen LogP contribution >= 0.6 is 0 Å². The van der Waals surface area contributed by atoms with E-state index in [0.717, 1.165) is 12.8 Å². The average molecular weight is 331 g/mol. The van der Waals surface area contributed by atoms with Crippen molar-refractivity contribution in [2.45, 2.75) is 32.4 Å². The van der Waals surface area contributed by atoms with E-state index in [1.165, 1.54) is 6.26 Å². The number of hydrogen-bond donors (Lipinski definition) is 1. The van der Waals surface area contributed by atoms with Gasteiger partial charge in [0.05, 0.1) is 12.8 Å². The van der Waals surface area contributed by atoms with Crippen molar-refractivity contribution in [2.24, 2.45) is 5.92 Å². The Kier molecular flexibility index (Phi) is 5.41. The summed E-state index contributed by atoms with van der Waals surface area (Å²) in [5.41, 5.74) is 0. The molecule has 1 unspecified atom stereocenters. The van der Waals surface area contributed by atoms with Crippen LogP contribution in [0, 0.1) is 5.92 Å². The molecule has 0 bridgehead atoms. The Balaban J connectivity index is 1.79. The predicted octanol–water partition coefficient (Wildman–Crippen LogP) is 0.285. The van der Waals surface area contributed by atoms with Crippen LogP contribution in [-0.4, -0.2) is 62.3 Å². The van der Waals surface area contributed by atoms with Crippen LogP contribution in [-0.2, 0) is 16.6 Å². The van der Waals surface area contributed by atoms with E-state index in [1.807, 2.05) is 14.1 Å². The Morgan fingerprint density at radius 2 is 2.05 bits per heavy atom. The molecule has 0 saturated carbocycles. The molecule has 0 amide bonds. The van der Waals surface area contributed by atoms with Crippen LogP contribution in [0.2, 0.25) is 0 Å². The number of aromatic nitrogens is 2. The van der Waals surface area contributed by atoms with Crippen LogP contribution in [0.1, 0.15) is 25.7 Å². The molecule has 2 heterocycles. The zero-order valence-electron chi connectivity index (χ0n) is 13.6. The van der Waals surface area contributed by atoms with Crippen molar-refractivity contribution < 1.29 is 12.9 Å². The third kappa shape index (κ3) is 4.40. The van der Waals surface area contributed by atoms with Gasteiger partial charge in [0.15, 0.2) is 0 Å². The number of nitrogens with zero attached hydrogens (tertiary/aromatic N) is 4. The summed E-state index contributed by atoms with van der Waals surface area (Å²) in [5, 5.41) is 7.26. The average Bonchev–Trinajstić information content (AvgIpc) is 2.93. The summed E-state index contributed by atoms with van der Waals surface area (Å²) in [4.78, 5) is 6.06. The summed E-state index contributed by atoms with van der Waals surface area (Å²) in [5.74, 6) is 1.57. The van der Waals surface area contributed by atoms with Crippen LogP contribution in [0.15, 0.2) is 4.52 Å². The van der Waals surface area contributed by atoms with Crippen molar-refractivity contribution in [3.8, 4) is 0 Å². The Morgan fingerprint density at radius 1 is 1.41 bits per heavy atom. The molecule has 1 N–H and O–H groups in total. The van der Waals surface area contributed by atoms with E-state index in [0.29, 0.717) is 37.4 Å². The maximum Gasteiger partial charge on any atom is 0.265 e. The zero-order chi connectivity index (χ0) is 16.3. The minimum absolute atomic E-state index is 0.274. The van der Waals surface area contributed by atoms with E-state index in [9.17, 15) is 8.42 Å². The lowest BCUT2D eigenvalue weighted by Crippen LogP contribution is -2.43. The maximum absolute atomic E-state index is 11.5. The van der Waals surface area contributed by atoms with E-state index in [1.54, 1.807) is 9.21 Å². The van der Waals surface area contributed by atoms with Gasteiger partial charge in [-0.3, -0.25) is 0 Å². The first-order valence-electron chi connectivity index (χ1n) is 7.46. The fourth-order valence-electron chi connectivity index (χ4n) is 2.62. The highest BCUT2D eigenvalue weighted by atomic mass is 32.2. The maximum atomic E-state index is 11.5. The predicted molar refractivity (Wildman–Crippen MR) is 84.1 cm³/mol. The van der Waals surface area contributed by atoms with Crippen molar-refractivity contribution in [3.63, 3.8) is 0 Å². The van der Waals surface area contributed by atoms with E-state index in [4.69, 9.17) is 4.52 Å².